The Morgan fingerprint density at radius 1 is 0.224 bits per heavy atom. The van der Waals surface area contributed by atoms with Crippen LogP contribution in [0.3, 0.4) is 0 Å². The second-order valence-electron chi connectivity index (χ2n) is 10.0. The zero-order valence-corrected chi connectivity index (χ0v) is 25.0. The smallest absolute Gasteiger partial charge is 0.0622 e. The Morgan fingerprint density at radius 3 is 0.735 bits per heavy atom. The minimum Gasteiger partial charge on any atom is -0.0622 e. The third kappa shape index (κ3) is 6.63. The van der Waals surface area contributed by atoms with Crippen LogP contribution in [0, 0.1) is 6.92 Å². The van der Waals surface area contributed by atoms with Crippen molar-refractivity contribution in [2.24, 2.45) is 0 Å². The molecule has 0 N–H and O–H groups in total. The summed E-state index contributed by atoms with van der Waals surface area (Å²) in [4.78, 5) is 0. The van der Waals surface area contributed by atoms with Gasteiger partial charge in [-0.15, -0.1) is 0 Å². The van der Waals surface area contributed by atoms with Crippen LogP contribution in [0.1, 0.15) is 50.8 Å². The lowest BCUT2D eigenvalue weighted by Gasteiger charge is -2.11. The van der Waals surface area contributed by atoms with Crippen molar-refractivity contribution in [1.82, 2.24) is 0 Å². The third-order valence-electron chi connectivity index (χ3n) is 6.75. The lowest BCUT2D eigenvalue weighted by Crippen LogP contribution is -1.86. The fourth-order valence-corrected chi connectivity index (χ4v) is 4.38. The average Bonchev–Trinajstić information content (AvgIpc) is 3.43. The fourth-order valence-electron chi connectivity index (χ4n) is 4.38. The maximum Gasteiger partial charge on any atom is 0.0636 e. The van der Waals surface area contributed by atoms with E-state index in [1.54, 1.807) is 0 Å². The van der Waals surface area contributed by atoms with Crippen molar-refractivity contribution < 1.29 is 45.2 Å². The molecule has 0 heteroatoms. The predicted octanol–water partition coefficient (Wildman–Crippen LogP) is 13.7. The molecule has 0 spiro atoms. The van der Waals surface area contributed by atoms with Crippen LogP contribution in [0.2, 0.25) is 0 Å². The zero-order valence-electron chi connectivity index (χ0n) is 58.0. The number of rotatable bonds is 7. The first kappa shape index (κ1) is 10.9. The summed E-state index contributed by atoms with van der Waals surface area (Å²) in [7, 11) is 0. The molecule has 0 bridgehead atoms. The van der Waals surface area contributed by atoms with Crippen LogP contribution in [-0.4, -0.2) is 0 Å². The van der Waals surface area contributed by atoms with Gasteiger partial charge in [-0.3, -0.25) is 0 Å². The van der Waals surface area contributed by atoms with Crippen molar-refractivity contribution in [2.75, 3.05) is 0 Å². The van der Waals surface area contributed by atoms with E-state index in [-0.39, 0.29) is 5.56 Å². The van der Waals surface area contributed by atoms with Gasteiger partial charge in [0.15, 0.2) is 0 Å². The first-order valence-corrected chi connectivity index (χ1v) is 14.2. The molecule has 0 nitrogen and oxygen atoms in total. The molecule has 232 valence electrons. The Bertz CT molecular complexity index is 3870. The van der Waals surface area contributed by atoms with Gasteiger partial charge in [0.25, 0.3) is 0 Å². The highest BCUT2D eigenvalue weighted by atomic mass is 14.1. The van der Waals surface area contributed by atoms with Crippen molar-refractivity contribution in [3.8, 4) is 77.9 Å². The topological polar surface area (TPSA) is 0 Å². The molecule has 0 unspecified atom stereocenters. The molecule has 0 aliphatic rings. The Morgan fingerprint density at radius 2 is 0.429 bits per heavy atom. The lowest BCUT2D eigenvalue weighted by molar-refractivity contribution is 1.47. The standard InChI is InChI=1S/C49H36/c1-35-19-21-37(22-20-35)39-25-29-41(30-26-39)43-12-6-14-45(32-43)47-16-8-18-49(34-47)48-17-7-15-46(33-48)44-13-5-11-42(31-44)40-27-23-38(24-28-40)36-9-3-2-4-10-36/h2-34H,1H3/i2D,3D,4D,5D,6D,7D,8D,9D,10D,11D,12D,13D,14D,15D,16D,17D,18D,19D,20D,21D,22D,23D,24D,25D,26D,27D,28D,29D,30D,31D,32D,33D,34D. The van der Waals surface area contributed by atoms with Crippen LogP contribution in [0.25, 0.3) is 77.9 Å². The van der Waals surface area contributed by atoms with Gasteiger partial charge in [-0.25, -0.2) is 0 Å². The van der Waals surface area contributed by atoms with Crippen LogP contribution >= 0.6 is 0 Å². The first-order valence-electron chi connectivity index (χ1n) is 30.8. The van der Waals surface area contributed by atoms with Gasteiger partial charge in [0.05, 0.1) is 45.2 Å². The van der Waals surface area contributed by atoms with E-state index in [9.17, 15) is 5.48 Å². The molecule has 0 aliphatic heterocycles. The predicted molar refractivity (Wildman–Crippen MR) is 209 cm³/mol. The van der Waals surface area contributed by atoms with Gasteiger partial charge in [-0.2, -0.15) is 0 Å². The average molecular weight is 658 g/mol. The molecule has 8 aromatic rings. The molecule has 0 atom stereocenters. The molecule has 0 aromatic heterocycles. The molecule has 49 heavy (non-hydrogen) atoms. The minimum atomic E-state index is -1.20. The molecule has 0 radical (unpaired) electrons. The van der Waals surface area contributed by atoms with Gasteiger partial charge in [0.1, 0.15) is 0 Å². The van der Waals surface area contributed by atoms with E-state index >= 15 is 0 Å². The van der Waals surface area contributed by atoms with Crippen molar-refractivity contribution >= 4 is 0 Å². The molecule has 8 aromatic carbocycles. The highest BCUT2D eigenvalue weighted by Gasteiger charge is 2.08. The monoisotopic (exact) mass is 657 g/mol. The molecule has 0 saturated heterocycles. The quantitative estimate of drug-likeness (QED) is 0.160. The van der Waals surface area contributed by atoms with Crippen molar-refractivity contribution in [3.05, 3.63) is 205 Å². The Hall–Kier alpha value is -6.24. The number of hydrogen-bond donors (Lipinski definition) is 0. The lowest BCUT2D eigenvalue weighted by atomic mass is 9.93. The summed E-state index contributed by atoms with van der Waals surface area (Å²) in [6.45, 7) is 1.29. The molecule has 0 saturated carbocycles. The Kier molecular flexibility index (Phi) is 2.99. The third-order valence-corrected chi connectivity index (χ3v) is 6.75. The van der Waals surface area contributed by atoms with Gasteiger partial charge < -0.3 is 0 Å². The maximum absolute atomic E-state index is 9.54. The summed E-state index contributed by atoms with van der Waals surface area (Å²) in [5.41, 5.74) is -12.6. The van der Waals surface area contributed by atoms with Gasteiger partial charge in [-0.1, -0.05) is 181 Å². The maximum atomic E-state index is 9.54. The van der Waals surface area contributed by atoms with E-state index in [1.165, 1.54) is 6.92 Å². The van der Waals surface area contributed by atoms with Crippen molar-refractivity contribution in [2.45, 2.75) is 6.92 Å². The number of hydrogen-bond acceptors (Lipinski definition) is 0. The van der Waals surface area contributed by atoms with Gasteiger partial charge >= 0.3 is 0 Å². The van der Waals surface area contributed by atoms with E-state index in [0.29, 0.717) is 0 Å². The van der Waals surface area contributed by atoms with Crippen LogP contribution < -0.4 is 0 Å². The molecular formula is C49H36. The van der Waals surface area contributed by atoms with E-state index in [2.05, 4.69) is 0 Å². The molecular weight excluding hydrogens is 589 g/mol. The summed E-state index contributed by atoms with van der Waals surface area (Å²) in [6.07, 6.45) is 0. The molecule has 8 rings (SSSR count). The van der Waals surface area contributed by atoms with Gasteiger partial charge in [-0.05, 0) is 109 Å². The minimum absolute atomic E-state index is 0.0936. The van der Waals surface area contributed by atoms with Crippen molar-refractivity contribution in [1.29, 1.82) is 0 Å². The van der Waals surface area contributed by atoms with E-state index in [1.807, 2.05) is 0 Å². The van der Waals surface area contributed by atoms with Gasteiger partial charge in [0.2, 0.25) is 0 Å². The highest BCUT2D eigenvalue weighted by molar-refractivity contribution is 5.81. The summed E-state index contributed by atoms with van der Waals surface area (Å²) in [6, 6.07) is -33.5. The summed E-state index contributed by atoms with van der Waals surface area (Å²) in [5.74, 6) is 0. The summed E-state index contributed by atoms with van der Waals surface area (Å²) in [5, 5.41) is 0. The second-order valence-corrected chi connectivity index (χ2v) is 10.0. The molecule has 0 aliphatic carbocycles. The van der Waals surface area contributed by atoms with Crippen LogP contribution in [0.5, 0.6) is 0 Å². The highest BCUT2D eigenvalue weighted by Crippen LogP contribution is 2.34. The molecule has 0 heterocycles. The largest absolute Gasteiger partial charge is 0.0636 e. The SMILES string of the molecule is [2H]c1c([2H])c([2H])c(-c2c([2H])c([2H])c(-c3c([2H])c([2H])c([2H])c(-c4c([2H])c([2H])c([2H])c(-c5c([2H])c([2H])c([2H])c(-c6c([2H])c([2H])c([2H])c(-c7c([2H])c([2H])c(-c8c([2H])c([2H])c(C)c([2H])c8[2H])c([2H])c7[2H])c6[2H])c5[2H])c4[2H])c3[2H])c([2H])c2[2H])c([2H])c1[2H]. The van der Waals surface area contributed by atoms with Gasteiger partial charge in [0, 0.05) is 0 Å². The second kappa shape index (κ2) is 13.5. The van der Waals surface area contributed by atoms with Crippen LogP contribution in [-0.2, 0) is 0 Å². The Labute approximate surface area is 336 Å². The fraction of sp³-hybridized carbons (Fsp3) is 0.0204. The van der Waals surface area contributed by atoms with Crippen LogP contribution in [0.15, 0.2) is 199 Å². The van der Waals surface area contributed by atoms with E-state index in [0.717, 1.165) is 0 Å². The van der Waals surface area contributed by atoms with E-state index < -0.39 is 277 Å². The number of benzene rings is 8. The molecule has 0 fully saturated rings. The van der Waals surface area contributed by atoms with Crippen molar-refractivity contribution in [3.63, 3.8) is 0 Å². The van der Waals surface area contributed by atoms with E-state index in [4.69, 9.17) is 39.8 Å². The zero-order chi connectivity index (χ0) is 61.7. The summed E-state index contributed by atoms with van der Waals surface area (Å²) < 4.78 is 292. The first-order chi connectivity index (χ1) is 38.0. The normalized spacial score (nSPS) is 20.4. The molecule has 0 amide bonds. The Balaban J connectivity index is 1.42. The summed E-state index contributed by atoms with van der Waals surface area (Å²) >= 11 is 0. The van der Waals surface area contributed by atoms with Crippen LogP contribution in [0.4, 0.5) is 0 Å².